The van der Waals surface area contributed by atoms with E-state index in [1.807, 2.05) is 30.0 Å². The molecule has 2 heterocycles. The van der Waals surface area contributed by atoms with Crippen LogP contribution in [-0.4, -0.2) is 9.97 Å². The summed E-state index contributed by atoms with van der Waals surface area (Å²) in [5.74, 6) is 0. The van der Waals surface area contributed by atoms with Crippen LogP contribution in [0.2, 0.25) is 0 Å². The lowest BCUT2D eigenvalue weighted by Gasteiger charge is -2.37. The molecule has 0 radical (unpaired) electrons. The molecule has 0 aromatic heterocycles. The predicted octanol–water partition coefficient (Wildman–Crippen LogP) is 8.98. The van der Waals surface area contributed by atoms with E-state index in [1.165, 1.54) is 33.4 Å². The number of hydrogen-bond donors (Lipinski definition) is 0. The summed E-state index contributed by atoms with van der Waals surface area (Å²) in [5, 5.41) is 19.6. The van der Waals surface area contributed by atoms with Gasteiger partial charge in [0.25, 0.3) is 5.69 Å². The highest BCUT2D eigenvalue weighted by atomic mass is 32.2. The average molecular weight is 586 g/mol. The Morgan fingerprint density at radius 3 is 1.90 bits per heavy atom. The summed E-state index contributed by atoms with van der Waals surface area (Å²) in [6.07, 6.45) is 0. The van der Waals surface area contributed by atoms with Gasteiger partial charge in [0, 0.05) is 23.3 Å². The Kier molecular flexibility index (Phi) is 6.44. The molecule has 5 aromatic carbocycles. The van der Waals surface area contributed by atoms with Crippen molar-refractivity contribution < 1.29 is 4.92 Å². The Bertz CT molecular complexity index is 1810. The number of thioether (sulfide) groups is 2. The molecule has 0 fully saturated rings. The first-order valence-corrected chi connectivity index (χ1v) is 15.4. The van der Waals surface area contributed by atoms with Crippen molar-refractivity contribution in [1.29, 1.82) is 0 Å². The zero-order valence-electron chi connectivity index (χ0n) is 23.1. The standard InChI is InChI=1S/C35H27N3O2S2/c1-24-10-8-12-27(22-24)34(28-13-9-11-25(2)23-28)31-16-6-7-17-32(31)35(42-34)37(29-14-4-3-5-15-29)36-33(41-35)26-18-20-30(21-19-26)38(39)40/h3-23H,1-2H3. The number of nitrogens with zero attached hydrogens (tertiary/aromatic N) is 3. The SMILES string of the molecule is Cc1cccc(C2(c3cccc(C)c3)SC3(SC(c4ccc([N+](=O)[O-])cc4)=NN3c3ccccc3)c3ccccc32)c1. The molecule has 5 aromatic rings. The van der Waals surface area contributed by atoms with Gasteiger partial charge in [-0.15, -0.1) is 0 Å². The molecule has 1 spiro atoms. The number of benzene rings is 5. The number of aryl methyl sites for hydroxylation is 2. The molecule has 1 unspecified atom stereocenters. The first kappa shape index (κ1) is 26.6. The first-order valence-electron chi connectivity index (χ1n) is 13.7. The molecule has 2 aliphatic rings. The van der Waals surface area contributed by atoms with Crippen LogP contribution in [0.5, 0.6) is 0 Å². The molecule has 0 saturated heterocycles. The normalized spacial score (nSPS) is 18.6. The van der Waals surface area contributed by atoms with Gasteiger partial charge in [0.05, 0.1) is 15.4 Å². The molecule has 0 bridgehead atoms. The Balaban J connectivity index is 1.48. The molecule has 1 atom stereocenters. The number of hydrogen-bond acceptors (Lipinski definition) is 6. The van der Waals surface area contributed by atoms with Crippen molar-refractivity contribution in [2.75, 3.05) is 5.01 Å². The second kappa shape index (κ2) is 10.2. The number of nitro groups is 1. The van der Waals surface area contributed by atoms with Gasteiger partial charge < -0.3 is 0 Å². The third-order valence-corrected chi connectivity index (χ3v) is 11.2. The van der Waals surface area contributed by atoms with Gasteiger partial charge in [-0.2, -0.15) is 5.10 Å². The number of para-hydroxylation sites is 1. The topological polar surface area (TPSA) is 58.7 Å². The Labute approximate surface area is 253 Å². The van der Waals surface area contributed by atoms with E-state index in [2.05, 4.69) is 104 Å². The third-order valence-electron chi connectivity index (χ3n) is 7.82. The quantitative estimate of drug-likeness (QED) is 0.152. The van der Waals surface area contributed by atoms with E-state index in [0.29, 0.717) is 0 Å². The van der Waals surface area contributed by atoms with E-state index in [1.54, 1.807) is 36.0 Å². The van der Waals surface area contributed by atoms with Crippen molar-refractivity contribution in [1.82, 2.24) is 0 Å². The molecule has 0 saturated carbocycles. The summed E-state index contributed by atoms with van der Waals surface area (Å²) in [5.41, 5.74) is 9.18. The smallest absolute Gasteiger partial charge is 0.258 e. The number of fused-ring (bicyclic) bond motifs is 2. The van der Waals surface area contributed by atoms with E-state index >= 15 is 0 Å². The summed E-state index contributed by atoms with van der Waals surface area (Å²) in [6.45, 7) is 4.29. The molecule has 42 heavy (non-hydrogen) atoms. The fraction of sp³-hybridized carbons (Fsp3) is 0.114. The van der Waals surface area contributed by atoms with E-state index in [4.69, 9.17) is 5.10 Å². The van der Waals surface area contributed by atoms with Crippen molar-refractivity contribution in [3.05, 3.63) is 176 Å². The Morgan fingerprint density at radius 1 is 0.714 bits per heavy atom. The van der Waals surface area contributed by atoms with Crippen LogP contribution in [0.4, 0.5) is 11.4 Å². The monoisotopic (exact) mass is 585 g/mol. The van der Waals surface area contributed by atoms with E-state index in [9.17, 15) is 10.1 Å². The average Bonchev–Trinajstić information content (AvgIpc) is 3.54. The number of anilines is 1. The van der Waals surface area contributed by atoms with Gasteiger partial charge >= 0.3 is 0 Å². The number of nitro benzene ring substituents is 1. The van der Waals surface area contributed by atoms with E-state index in [0.717, 1.165) is 16.3 Å². The lowest BCUT2D eigenvalue weighted by Crippen LogP contribution is -2.34. The number of non-ortho nitro benzene ring substituents is 1. The number of hydrazone groups is 1. The van der Waals surface area contributed by atoms with Crippen molar-refractivity contribution >= 4 is 39.9 Å². The molecule has 7 heteroatoms. The third kappa shape index (κ3) is 4.15. The summed E-state index contributed by atoms with van der Waals surface area (Å²) < 4.78 is -1.14. The lowest BCUT2D eigenvalue weighted by molar-refractivity contribution is -0.384. The highest BCUT2D eigenvalue weighted by molar-refractivity contribution is 8.26. The zero-order valence-corrected chi connectivity index (χ0v) is 24.7. The molecule has 0 amide bonds. The molecule has 7 rings (SSSR count). The fourth-order valence-electron chi connectivity index (χ4n) is 5.93. The van der Waals surface area contributed by atoms with Crippen LogP contribution in [0.1, 0.15) is 38.9 Å². The van der Waals surface area contributed by atoms with Crippen LogP contribution in [0.3, 0.4) is 0 Å². The highest BCUT2D eigenvalue weighted by Crippen LogP contribution is 2.71. The van der Waals surface area contributed by atoms with Crippen molar-refractivity contribution in [2.24, 2.45) is 5.10 Å². The van der Waals surface area contributed by atoms with Gasteiger partial charge in [0.1, 0.15) is 5.04 Å². The molecule has 2 aliphatic heterocycles. The minimum Gasteiger partial charge on any atom is -0.258 e. The second-order valence-electron chi connectivity index (χ2n) is 10.6. The molecular formula is C35H27N3O2S2. The van der Waals surface area contributed by atoms with Crippen LogP contribution in [0.25, 0.3) is 0 Å². The molecule has 0 aliphatic carbocycles. The minimum atomic E-state index is -0.636. The van der Waals surface area contributed by atoms with Crippen LogP contribution in [0, 0.1) is 24.0 Å². The molecule has 0 N–H and O–H groups in total. The zero-order chi connectivity index (χ0) is 28.9. The Morgan fingerprint density at radius 2 is 1.31 bits per heavy atom. The molecular weight excluding hydrogens is 559 g/mol. The minimum absolute atomic E-state index is 0.0653. The van der Waals surface area contributed by atoms with Crippen LogP contribution in [0.15, 0.2) is 132 Å². The summed E-state index contributed by atoms with van der Waals surface area (Å²) in [7, 11) is 0. The van der Waals surface area contributed by atoms with E-state index < -0.39 is 8.95 Å². The maximum absolute atomic E-state index is 11.4. The van der Waals surface area contributed by atoms with E-state index in [-0.39, 0.29) is 10.6 Å². The summed E-state index contributed by atoms with van der Waals surface area (Å²) in [4.78, 5) is 11.0. The maximum Gasteiger partial charge on any atom is 0.269 e. The predicted molar refractivity (Wildman–Crippen MR) is 174 cm³/mol. The largest absolute Gasteiger partial charge is 0.269 e. The fourth-order valence-corrected chi connectivity index (χ4v) is 9.58. The molecule has 206 valence electrons. The van der Waals surface area contributed by atoms with Gasteiger partial charge in [-0.3, -0.25) is 10.1 Å². The highest BCUT2D eigenvalue weighted by Gasteiger charge is 2.61. The first-order chi connectivity index (χ1) is 20.4. The van der Waals surface area contributed by atoms with Crippen molar-refractivity contribution in [3.8, 4) is 0 Å². The lowest BCUT2D eigenvalue weighted by atomic mass is 9.81. The van der Waals surface area contributed by atoms with Crippen molar-refractivity contribution in [2.45, 2.75) is 22.8 Å². The van der Waals surface area contributed by atoms with Gasteiger partial charge in [0.2, 0.25) is 0 Å². The summed E-state index contributed by atoms with van der Waals surface area (Å²) in [6, 6.07) is 43.3. The van der Waals surface area contributed by atoms with Crippen LogP contribution < -0.4 is 5.01 Å². The molecule has 5 nitrogen and oxygen atoms in total. The van der Waals surface area contributed by atoms with Gasteiger partial charge in [0.15, 0.2) is 4.20 Å². The maximum atomic E-state index is 11.4. The number of rotatable bonds is 5. The van der Waals surface area contributed by atoms with Crippen LogP contribution in [-0.2, 0) is 8.95 Å². The second-order valence-corrected chi connectivity index (χ2v) is 13.5. The Hall–Kier alpha value is -4.33. The van der Waals surface area contributed by atoms with Crippen molar-refractivity contribution in [3.63, 3.8) is 0 Å². The van der Waals surface area contributed by atoms with Gasteiger partial charge in [-0.25, -0.2) is 5.01 Å². The van der Waals surface area contributed by atoms with Crippen LogP contribution >= 0.6 is 23.5 Å². The summed E-state index contributed by atoms with van der Waals surface area (Å²) >= 11 is 3.60. The van der Waals surface area contributed by atoms with Gasteiger partial charge in [-0.05, 0) is 54.8 Å². The van der Waals surface area contributed by atoms with Gasteiger partial charge in [-0.1, -0.05) is 126 Å².